The summed E-state index contributed by atoms with van der Waals surface area (Å²) in [6.45, 7) is 3.98. The molecular formula is C9H18ClNO. The lowest BCUT2D eigenvalue weighted by molar-refractivity contribution is 0.0160. The summed E-state index contributed by atoms with van der Waals surface area (Å²) in [6.07, 6.45) is 4.15. The Hall–Kier alpha value is 0.210. The fourth-order valence-electron chi connectivity index (χ4n) is 1.36. The zero-order valence-corrected chi connectivity index (χ0v) is 8.44. The standard InChI is InChI=1S/C9H18ClNO/c1-8(6-10)11-7-9-4-2-3-5-12-9/h8-9,11H,2-7H2,1H3. The summed E-state index contributed by atoms with van der Waals surface area (Å²) in [5, 5.41) is 3.35. The van der Waals surface area contributed by atoms with E-state index in [0.717, 1.165) is 13.2 Å². The van der Waals surface area contributed by atoms with Crippen molar-refractivity contribution in [1.29, 1.82) is 0 Å². The van der Waals surface area contributed by atoms with E-state index in [-0.39, 0.29) is 0 Å². The normalized spacial score (nSPS) is 27.0. The Labute approximate surface area is 79.6 Å². The molecule has 0 aromatic heterocycles. The Morgan fingerprint density at radius 1 is 1.58 bits per heavy atom. The maximum Gasteiger partial charge on any atom is 0.0699 e. The van der Waals surface area contributed by atoms with Crippen molar-refractivity contribution in [3.63, 3.8) is 0 Å². The SMILES string of the molecule is CC(CCl)NCC1CCCCO1. The molecular weight excluding hydrogens is 174 g/mol. The third-order valence-corrected chi connectivity index (χ3v) is 2.66. The minimum atomic E-state index is 0.400. The van der Waals surface area contributed by atoms with E-state index in [4.69, 9.17) is 16.3 Å². The van der Waals surface area contributed by atoms with Gasteiger partial charge in [0.2, 0.25) is 0 Å². The fraction of sp³-hybridized carbons (Fsp3) is 1.00. The molecule has 2 atom stereocenters. The van der Waals surface area contributed by atoms with E-state index in [2.05, 4.69) is 12.2 Å². The van der Waals surface area contributed by atoms with Crippen molar-refractivity contribution in [2.24, 2.45) is 0 Å². The Morgan fingerprint density at radius 2 is 2.42 bits per heavy atom. The topological polar surface area (TPSA) is 21.3 Å². The average molecular weight is 192 g/mol. The second-order valence-electron chi connectivity index (χ2n) is 3.45. The minimum Gasteiger partial charge on any atom is -0.377 e. The number of alkyl halides is 1. The van der Waals surface area contributed by atoms with Crippen LogP contribution in [-0.2, 0) is 4.74 Å². The predicted octanol–water partition coefficient (Wildman–Crippen LogP) is 1.77. The molecule has 1 heterocycles. The second-order valence-corrected chi connectivity index (χ2v) is 3.76. The average Bonchev–Trinajstić information content (AvgIpc) is 2.16. The van der Waals surface area contributed by atoms with Gasteiger partial charge in [0, 0.05) is 25.1 Å². The Morgan fingerprint density at radius 3 is 3.00 bits per heavy atom. The molecule has 0 radical (unpaired) electrons. The summed E-state index contributed by atoms with van der Waals surface area (Å²) in [7, 11) is 0. The summed E-state index contributed by atoms with van der Waals surface area (Å²) in [4.78, 5) is 0. The predicted molar refractivity (Wildman–Crippen MR) is 51.8 cm³/mol. The van der Waals surface area contributed by atoms with Crippen molar-refractivity contribution in [3.05, 3.63) is 0 Å². The zero-order valence-electron chi connectivity index (χ0n) is 7.68. The molecule has 72 valence electrons. The molecule has 12 heavy (non-hydrogen) atoms. The van der Waals surface area contributed by atoms with E-state index in [1.54, 1.807) is 0 Å². The molecule has 3 heteroatoms. The lowest BCUT2D eigenvalue weighted by atomic mass is 10.1. The highest BCUT2D eigenvalue weighted by molar-refractivity contribution is 6.18. The minimum absolute atomic E-state index is 0.400. The molecule has 1 N–H and O–H groups in total. The number of nitrogens with one attached hydrogen (secondary N) is 1. The first-order valence-electron chi connectivity index (χ1n) is 4.74. The lowest BCUT2D eigenvalue weighted by Gasteiger charge is -2.24. The van der Waals surface area contributed by atoms with Crippen molar-refractivity contribution in [2.45, 2.75) is 38.3 Å². The van der Waals surface area contributed by atoms with Crippen LogP contribution in [0.5, 0.6) is 0 Å². The number of hydrogen-bond donors (Lipinski definition) is 1. The third kappa shape index (κ3) is 3.74. The summed E-state index contributed by atoms with van der Waals surface area (Å²) >= 11 is 5.67. The van der Waals surface area contributed by atoms with E-state index in [1.807, 2.05) is 0 Å². The van der Waals surface area contributed by atoms with Gasteiger partial charge in [-0.15, -0.1) is 11.6 Å². The summed E-state index contributed by atoms with van der Waals surface area (Å²) in [5.74, 6) is 0.673. The van der Waals surface area contributed by atoms with Crippen molar-refractivity contribution in [2.75, 3.05) is 19.0 Å². The fourth-order valence-corrected chi connectivity index (χ4v) is 1.46. The van der Waals surface area contributed by atoms with Crippen LogP contribution in [0.25, 0.3) is 0 Å². The Balaban J connectivity index is 2.05. The maximum absolute atomic E-state index is 5.67. The van der Waals surface area contributed by atoms with Crippen LogP contribution in [0.2, 0.25) is 0 Å². The van der Waals surface area contributed by atoms with E-state index in [0.29, 0.717) is 18.0 Å². The van der Waals surface area contributed by atoms with Gasteiger partial charge in [0.1, 0.15) is 0 Å². The highest BCUT2D eigenvalue weighted by Gasteiger charge is 2.13. The van der Waals surface area contributed by atoms with Gasteiger partial charge < -0.3 is 10.1 Å². The van der Waals surface area contributed by atoms with Crippen LogP contribution in [-0.4, -0.2) is 31.2 Å². The van der Waals surface area contributed by atoms with E-state index < -0.39 is 0 Å². The van der Waals surface area contributed by atoms with Gasteiger partial charge in [-0.25, -0.2) is 0 Å². The molecule has 1 saturated heterocycles. The summed E-state index contributed by atoms with van der Waals surface area (Å²) < 4.78 is 5.57. The second kappa shape index (κ2) is 5.79. The van der Waals surface area contributed by atoms with Gasteiger partial charge in [-0.1, -0.05) is 0 Å². The quantitative estimate of drug-likeness (QED) is 0.684. The van der Waals surface area contributed by atoms with Gasteiger partial charge in [0.05, 0.1) is 6.10 Å². The van der Waals surface area contributed by atoms with Crippen LogP contribution < -0.4 is 5.32 Å². The van der Waals surface area contributed by atoms with Gasteiger partial charge in [-0.05, 0) is 26.2 Å². The molecule has 0 amide bonds. The zero-order chi connectivity index (χ0) is 8.81. The van der Waals surface area contributed by atoms with Crippen LogP contribution in [0.3, 0.4) is 0 Å². The molecule has 0 aromatic rings. The molecule has 2 nitrogen and oxygen atoms in total. The highest BCUT2D eigenvalue weighted by atomic mass is 35.5. The molecule has 0 bridgehead atoms. The molecule has 1 rings (SSSR count). The van der Waals surface area contributed by atoms with Crippen molar-refractivity contribution in [1.82, 2.24) is 5.32 Å². The van der Waals surface area contributed by atoms with Gasteiger partial charge in [0.25, 0.3) is 0 Å². The van der Waals surface area contributed by atoms with Crippen LogP contribution in [0.4, 0.5) is 0 Å². The first-order valence-corrected chi connectivity index (χ1v) is 5.27. The molecule has 0 aromatic carbocycles. The van der Waals surface area contributed by atoms with Gasteiger partial charge in [-0.3, -0.25) is 0 Å². The van der Waals surface area contributed by atoms with Crippen molar-refractivity contribution < 1.29 is 4.74 Å². The van der Waals surface area contributed by atoms with Crippen LogP contribution >= 0.6 is 11.6 Å². The molecule has 0 spiro atoms. The smallest absolute Gasteiger partial charge is 0.0699 e. The largest absolute Gasteiger partial charge is 0.377 e. The van der Waals surface area contributed by atoms with Gasteiger partial charge in [0.15, 0.2) is 0 Å². The number of rotatable bonds is 4. The summed E-state index contributed by atoms with van der Waals surface area (Å²) in [6, 6.07) is 0.400. The number of ether oxygens (including phenoxy) is 1. The van der Waals surface area contributed by atoms with Gasteiger partial charge in [-0.2, -0.15) is 0 Å². The first kappa shape index (κ1) is 10.3. The third-order valence-electron chi connectivity index (χ3n) is 2.20. The maximum atomic E-state index is 5.67. The monoisotopic (exact) mass is 191 g/mol. The molecule has 2 unspecified atom stereocenters. The van der Waals surface area contributed by atoms with Crippen molar-refractivity contribution in [3.8, 4) is 0 Å². The van der Waals surface area contributed by atoms with Gasteiger partial charge >= 0.3 is 0 Å². The Kier molecular flexibility index (Phi) is 4.96. The molecule has 0 saturated carbocycles. The van der Waals surface area contributed by atoms with E-state index >= 15 is 0 Å². The lowest BCUT2D eigenvalue weighted by Crippen LogP contribution is -2.37. The molecule has 1 fully saturated rings. The Bertz CT molecular complexity index is 115. The molecule has 0 aliphatic carbocycles. The summed E-state index contributed by atoms with van der Waals surface area (Å²) in [5.41, 5.74) is 0. The number of hydrogen-bond acceptors (Lipinski definition) is 2. The highest BCUT2D eigenvalue weighted by Crippen LogP contribution is 2.11. The van der Waals surface area contributed by atoms with E-state index in [9.17, 15) is 0 Å². The molecule has 1 aliphatic rings. The molecule has 1 aliphatic heterocycles. The number of halogens is 1. The van der Waals surface area contributed by atoms with E-state index in [1.165, 1.54) is 19.3 Å². The first-order chi connectivity index (χ1) is 5.83. The van der Waals surface area contributed by atoms with Crippen LogP contribution in [0, 0.1) is 0 Å². The van der Waals surface area contributed by atoms with Crippen molar-refractivity contribution >= 4 is 11.6 Å². The van der Waals surface area contributed by atoms with Crippen LogP contribution in [0.1, 0.15) is 26.2 Å². The van der Waals surface area contributed by atoms with Crippen LogP contribution in [0.15, 0.2) is 0 Å².